The highest BCUT2D eigenvalue weighted by atomic mass is 16.5. The molecule has 0 amide bonds. The van der Waals surface area contributed by atoms with E-state index in [1.54, 1.807) is 0 Å². The van der Waals surface area contributed by atoms with Crippen molar-refractivity contribution in [1.82, 2.24) is 0 Å². The first-order valence-electron chi connectivity index (χ1n) is 3.33. The molecular formula is C8H10O2. The van der Waals surface area contributed by atoms with E-state index in [9.17, 15) is 4.79 Å². The molecule has 10 heavy (non-hydrogen) atoms. The number of hydrogen-bond acceptors (Lipinski definition) is 2. The fourth-order valence-corrected chi connectivity index (χ4v) is 0.726. The van der Waals surface area contributed by atoms with Crippen LogP contribution in [0.1, 0.15) is 13.3 Å². The molecule has 0 heterocycles. The predicted octanol–water partition coefficient (Wildman–Crippen LogP) is 0.819. The van der Waals surface area contributed by atoms with Crippen LogP contribution in [0.3, 0.4) is 0 Å². The van der Waals surface area contributed by atoms with E-state index in [0.29, 0.717) is 11.8 Å². The zero-order chi connectivity index (χ0) is 7.56. The summed E-state index contributed by atoms with van der Waals surface area (Å²) >= 11 is 0. The molecule has 2 atom stereocenters. The average molecular weight is 138 g/mol. The maximum Gasteiger partial charge on any atom is 0.384 e. The highest BCUT2D eigenvalue weighted by Gasteiger charge is 2.30. The van der Waals surface area contributed by atoms with Crippen LogP contribution in [0.15, 0.2) is 0 Å². The van der Waals surface area contributed by atoms with E-state index in [0.717, 1.165) is 6.42 Å². The van der Waals surface area contributed by atoms with E-state index in [-0.39, 0.29) is 0 Å². The van der Waals surface area contributed by atoms with Gasteiger partial charge in [0, 0.05) is 11.8 Å². The van der Waals surface area contributed by atoms with Crippen molar-refractivity contribution in [3.8, 4) is 11.8 Å². The number of carbonyl (C=O) groups excluding carboxylic acids is 1. The SMILES string of the molecule is COC(=O)C#CC1CC1C. The quantitative estimate of drug-likeness (QED) is 0.281. The molecule has 0 aromatic carbocycles. The Morgan fingerprint density at radius 3 is 2.70 bits per heavy atom. The summed E-state index contributed by atoms with van der Waals surface area (Å²) in [5.74, 6) is 5.94. The van der Waals surface area contributed by atoms with Crippen LogP contribution < -0.4 is 0 Å². The standard InChI is InChI=1S/C8H10O2/c1-6-5-7(6)3-4-8(9)10-2/h6-7H,5H2,1-2H3. The van der Waals surface area contributed by atoms with Crippen molar-refractivity contribution in [2.24, 2.45) is 11.8 Å². The van der Waals surface area contributed by atoms with Crippen molar-refractivity contribution in [3.63, 3.8) is 0 Å². The van der Waals surface area contributed by atoms with Gasteiger partial charge in [-0.2, -0.15) is 0 Å². The molecule has 2 nitrogen and oxygen atoms in total. The first-order chi connectivity index (χ1) is 4.74. The largest absolute Gasteiger partial charge is 0.459 e. The van der Waals surface area contributed by atoms with E-state index in [1.807, 2.05) is 0 Å². The molecule has 0 aromatic heterocycles. The molecule has 54 valence electrons. The van der Waals surface area contributed by atoms with Crippen LogP contribution in [0.4, 0.5) is 0 Å². The van der Waals surface area contributed by atoms with Gasteiger partial charge in [0.15, 0.2) is 0 Å². The van der Waals surface area contributed by atoms with E-state index in [4.69, 9.17) is 0 Å². The van der Waals surface area contributed by atoms with E-state index in [1.165, 1.54) is 7.11 Å². The highest BCUT2D eigenvalue weighted by molar-refractivity contribution is 5.88. The van der Waals surface area contributed by atoms with Gasteiger partial charge in [0.1, 0.15) is 0 Å². The van der Waals surface area contributed by atoms with E-state index >= 15 is 0 Å². The van der Waals surface area contributed by atoms with Crippen LogP contribution in [0.2, 0.25) is 0 Å². The molecule has 1 saturated carbocycles. The Balaban J connectivity index is 2.32. The minimum atomic E-state index is -0.431. The van der Waals surface area contributed by atoms with Crippen LogP contribution in [0.5, 0.6) is 0 Å². The molecular weight excluding hydrogens is 128 g/mol. The molecule has 1 fully saturated rings. The number of methoxy groups -OCH3 is 1. The predicted molar refractivity (Wildman–Crippen MR) is 37.1 cm³/mol. The molecule has 0 aromatic rings. The molecule has 0 N–H and O–H groups in total. The fraction of sp³-hybridized carbons (Fsp3) is 0.625. The Kier molecular flexibility index (Phi) is 1.96. The molecule has 1 rings (SSSR count). The molecule has 1 aliphatic rings. The summed E-state index contributed by atoms with van der Waals surface area (Å²) in [6, 6.07) is 0. The van der Waals surface area contributed by atoms with E-state index < -0.39 is 5.97 Å². The molecule has 2 heteroatoms. The van der Waals surface area contributed by atoms with Gasteiger partial charge in [0.25, 0.3) is 0 Å². The maximum absolute atomic E-state index is 10.5. The Bertz CT molecular complexity index is 197. The van der Waals surface area contributed by atoms with Gasteiger partial charge in [-0.3, -0.25) is 0 Å². The first kappa shape index (κ1) is 7.14. The van der Waals surface area contributed by atoms with Gasteiger partial charge < -0.3 is 4.74 Å². The topological polar surface area (TPSA) is 26.3 Å². The van der Waals surface area contributed by atoms with Crippen molar-refractivity contribution in [2.75, 3.05) is 7.11 Å². The van der Waals surface area contributed by atoms with Gasteiger partial charge in [-0.15, -0.1) is 0 Å². The molecule has 2 unspecified atom stereocenters. The van der Waals surface area contributed by atoms with Crippen molar-refractivity contribution in [2.45, 2.75) is 13.3 Å². The highest BCUT2D eigenvalue weighted by Crippen LogP contribution is 2.36. The van der Waals surface area contributed by atoms with Crippen molar-refractivity contribution >= 4 is 5.97 Å². The Morgan fingerprint density at radius 2 is 2.30 bits per heavy atom. The zero-order valence-electron chi connectivity index (χ0n) is 6.18. The minimum absolute atomic E-state index is 0.431. The lowest BCUT2D eigenvalue weighted by molar-refractivity contribution is -0.133. The summed E-state index contributed by atoms with van der Waals surface area (Å²) in [6.07, 6.45) is 1.13. The van der Waals surface area contributed by atoms with Crippen LogP contribution in [-0.4, -0.2) is 13.1 Å². The number of hydrogen-bond donors (Lipinski definition) is 0. The van der Waals surface area contributed by atoms with Crippen LogP contribution >= 0.6 is 0 Å². The van der Waals surface area contributed by atoms with Gasteiger partial charge >= 0.3 is 5.97 Å². The summed E-state index contributed by atoms with van der Waals surface area (Å²) in [5, 5.41) is 0. The second-order valence-corrected chi connectivity index (χ2v) is 2.58. The fourth-order valence-electron chi connectivity index (χ4n) is 0.726. The molecule has 0 aliphatic heterocycles. The third-order valence-electron chi connectivity index (χ3n) is 1.65. The molecule has 0 radical (unpaired) electrons. The summed E-state index contributed by atoms with van der Waals surface area (Å²) in [5.41, 5.74) is 0. The normalized spacial score (nSPS) is 28.2. The van der Waals surface area contributed by atoms with Gasteiger partial charge in [-0.1, -0.05) is 12.8 Å². The molecule has 0 bridgehead atoms. The molecule has 1 aliphatic carbocycles. The summed E-state index contributed by atoms with van der Waals surface area (Å²) in [4.78, 5) is 10.5. The Labute approximate surface area is 60.6 Å². The van der Waals surface area contributed by atoms with Gasteiger partial charge in [0.2, 0.25) is 0 Å². The Morgan fingerprint density at radius 1 is 1.70 bits per heavy atom. The summed E-state index contributed by atoms with van der Waals surface area (Å²) < 4.78 is 4.35. The third-order valence-corrected chi connectivity index (χ3v) is 1.65. The second kappa shape index (κ2) is 2.74. The maximum atomic E-state index is 10.5. The van der Waals surface area contributed by atoms with Crippen LogP contribution in [-0.2, 0) is 9.53 Å². The van der Waals surface area contributed by atoms with Gasteiger partial charge in [-0.05, 0) is 12.3 Å². The average Bonchev–Trinajstić information content (AvgIpc) is 2.61. The first-order valence-corrected chi connectivity index (χ1v) is 3.33. The van der Waals surface area contributed by atoms with Crippen LogP contribution in [0, 0.1) is 23.7 Å². The molecule has 0 spiro atoms. The summed E-state index contributed by atoms with van der Waals surface area (Å²) in [7, 11) is 1.34. The van der Waals surface area contributed by atoms with Crippen molar-refractivity contribution in [3.05, 3.63) is 0 Å². The summed E-state index contributed by atoms with van der Waals surface area (Å²) in [6.45, 7) is 2.12. The number of esters is 1. The Hall–Kier alpha value is -0.970. The second-order valence-electron chi connectivity index (χ2n) is 2.58. The third kappa shape index (κ3) is 1.77. The lowest BCUT2D eigenvalue weighted by Crippen LogP contribution is -1.94. The zero-order valence-corrected chi connectivity index (χ0v) is 6.18. The van der Waals surface area contributed by atoms with Gasteiger partial charge in [-0.25, -0.2) is 4.79 Å². The van der Waals surface area contributed by atoms with E-state index in [2.05, 4.69) is 23.5 Å². The van der Waals surface area contributed by atoms with Crippen molar-refractivity contribution in [1.29, 1.82) is 0 Å². The number of ether oxygens (including phenoxy) is 1. The lowest BCUT2D eigenvalue weighted by Gasteiger charge is -1.83. The number of carbonyl (C=O) groups is 1. The van der Waals surface area contributed by atoms with Crippen molar-refractivity contribution < 1.29 is 9.53 Å². The molecule has 0 saturated heterocycles. The van der Waals surface area contributed by atoms with Crippen LogP contribution in [0.25, 0.3) is 0 Å². The lowest BCUT2D eigenvalue weighted by atomic mass is 10.3. The minimum Gasteiger partial charge on any atom is -0.459 e. The van der Waals surface area contributed by atoms with Gasteiger partial charge in [0.05, 0.1) is 7.11 Å². The smallest absolute Gasteiger partial charge is 0.384 e. The number of rotatable bonds is 0. The monoisotopic (exact) mass is 138 g/mol.